The highest BCUT2D eigenvalue weighted by Crippen LogP contribution is 2.07. The summed E-state index contributed by atoms with van der Waals surface area (Å²) in [6.45, 7) is 6.79. The van der Waals surface area contributed by atoms with Crippen molar-refractivity contribution in [3.63, 3.8) is 0 Å². The van der Waals surface area contributed by atoms with Crippen molar-refractivity contribution in [3.8, 4) is 0 Å². The summed E-state index contributed by atoms with van der Waals surface area (Å²) in [5.74, 6) is 0. The summed E-state index contributed by atoms with van der Waals surface area (Å²) in [6, 6.07) is 4.12. The van der Waals surface area contributed by atoms with Crippen LogP contribution >= 0.6 is 0 Å². The minimum absolute atomic E-state index is 0.132. The standard InChI is InChI=1S/C9H23OSi2/c1-4-7-11-10-12(8-5-2)9-6-3/h4-9,11H2,1-3H3. The molecule has 0 fully saturated rings. The van der Waals surface area contributed by atoms with Gasteiger partial charge in [-0.1, -0.05) is 40.0 Å². The highest BCUT2D eigenvalue weighted by atomic mass is 28.3. The van der Waals surface area contributed by atoms with E-state index >= 15 is 0 Å². The van der Waals surface area contributed by atoms with Gasteiger partial charge in [-0.15, -0.1) is 0 Å². The van der Waals surface area contributed by atoms with E-state index in [1.807, 2.05) is 0 Å². The summed E-state index contributed by atoms with van der Waals surface area (Å²) in [6.07, 6.45) is 3.95. The minimum atomic E-state index is -0.357. The largest absolute Gasteiger partial charge is 0.460 e. The molecule has 0 aromatic rings. The van der Waals surface area contributed by atoms with E-state index in [0.717, 1.165) is 0 Å². The Morgan fingerprint density at radius 3 is 2.00 bits per heavy atom. The SMILES string of the molecule is CCC[SiH2]O[Si](CCC)CCC. The first-order valence-corrected chi connectivity index (χ1v) is 8.72. The molecule has 0 aromatic heterocycles. The molecular formula is C9H23OSi2. The number of hydrogen-bond donors (Lipinski definition) is 0. The van der Waals surface area contributed by atoms with Crippen molar-refractivity contribution in [2.75, 3.05) is 0 Å². The fourth-order valence-electron chi connectivity index (χ4n) is 1.19. The molecule has 0 bridgehead atoms. The summed E-state index contributed by atoms with van der Waals surface area (Å²) in [4.78, 5) is 0. The van der Waals surface area contributed by atoms with Gasteiger partial charge in [0.15, 0.2) is 9.04 Å². The van der Waals surface area contributed by atoms with E-state index in [4.69, 9.17) is 4.12 Å². The molecule has 0 saturated heterocycles. The average Bonchev–Trinajstić information content (AvgIpc) is 2.06. The second-order valence-electron chi connectivity index (χ2n) is 3.24. The lowest BCUT2D eigenvalue weighted by molar-refractivity contribution is 0.591. The van der Waals surface area contributed by atoms with Crippen molar-refractivity contribution in [1.82, 2.24) is 0 Å². The van der Waals surface area contributed by atoms with Gasteiger partial charge < -0.3 is 4.12 Å². The van der Waals surface area contributed by atoms with Crippen LogP contribution in [0, 0.1) is 0 Å². The maximum atomic E-state index is 6.00. The van der Waals surface area contributed by atoms with E-state index in [9.17, 15) is 0 Å². The quantitative estimate of drug-likeness (QED) is 0.435. The van der Waals surface area contributed by atoms with Crippen LogP contribution in [-0.2, 0) is 4.12 Å². The van der Waals surface area contributed by atoms with E-state index < -0.39 is 0 Å². The lowest BCUT2D eigenvalue weighted by Crippen LogP contribution is -2.19. The first-order chi connectivity index (χ1) is 5.85. The number of rotatable bonds is 8. The molecule has 0 aliphatic carbocycles. The molecule has 0 unspecified atom stereocenters. The van der Waals surface area contributed by atoms with Gasteiger partial charge in [0.25, 0.3) is 0 Å². The molecule has 0 rings (SSSR count). The summed E-state index contributed by atoms with van der Waals surface area (Å²) < 4.78 is 6.00. The fourth-order valence-corrected chi connectivity index (χ4v) is 5.73. The van der Waals surface area contributed by atoms with Crippen LogP contribution in [0.3, 0.4) is 0 Å². The highest BCUT2D eigenvalue weighted by Gasteiger charge is 2.09. The molecule has 1 nitrogen and oxygen atoms in total. The Labute approximate surface area is 81.6 Å². The Morgan fingerprint density at radius 1 is 1.00 bits per heavy atom. The normalized spacial score (nSPS) is 12.0. The molecule has 0 aliphatic heterocycles. The molecule has 1 radical (unpaired) electrons. The smallest absolute Gasteiger partial charge is 0.197 e. The van der Waals surface area contributed by atoms with Crippen molar-refractivity contribution < 1.29 is 4.12 Å². The van der Waals surface area contributed by atoms with E-state index in [1.165, 1.54) is 37.4 Å². The van der Waals surface area contributed by atoms with Crippen LogP contribution in [0.2, 0.25) is 18.1 Å². The monoisotopic (exact) mass is 203 g/mol. The number of hydrogen-bond acceptors (Lipinski definition) is 1. The van der Waals surface area contributed by atoms with Crippen molar-refractivity contribution in [3.05, 3.63) is 0 Å². The van der Waals surface area contributed by atoms with E-state index in [1.54, 1.807) is 0 Å². The Bertz CT molecular complexity index is 82.6. The molecule has 73 valence electrons. The zero-order valence-corrected chi connectivity index (χ0v) is 11.3. The highest BCUT2D eigenvalue weighted by molar-refractivity contribution is 6.58. The molecular weight excluding hydrogens is 180 g/mol. The van der Waals surface area contributed by atoms with Crippen LogP contribution in [0.1, 0.15) is 40.0 Å². The third-order valence-corrected chi connectivity index (χ3v) is 7.42. The van der Waals surface area contributed by atoms with Crippen molar-refractivity contribution in [1.29, 1.82) is 0 Å². The zero-order chi connectivity index (χ0) is 9.23. The molecule has 0 aliphatic rings. The van der Waals surface area contributed by atoms with Gasteiger partial charge >= 0.3 is 0 Å². The fraction of sp³-hybridized carbons (Fsp3) is 1.00. The van der Waals surface area contributed by atoms with Crippen molar-refractivity contribution >= 4 is 18.8 Å². The van der Waals surface area contributed by atoms with Crippen molar-refractivity contribution in [2.45, 2.75) is 58.2 Å². The molecule has 3 heteroatoms. The Hall–Kier alpha value is 0.394. The van der Waals surface area contributed by atoms with Gasteiger partial charge in [-0.2, -0.15) is 0 Å². The van der Waals surface area contributed by atoms with E-state index in [-0.39, 0.29) is 18.8 Å². The Morgan fingerprint density at radius 2 is 1.58 bits per heavy atom. The van der Waals surface area contributed by atoms with Crippen LogP contribution < -0.4 is 0 Å². The topological polar surface area (TPSA) is 9.23 Å². The summed E-state index contributed by atoms with van der Waals surface area (Å²) in [7, 11) is -0.489. The molecule has 0 N–H and O–H groups in total. The lowest BCUT2D eigenvalue weighted by atomic mass is 10.6. The van der Waals surface area contributed by atoms with Gasteiger partial charge in [0.05, 0.1) is 0 Å². The Kier molecular flexibility index (Phi) is 9.79. The second kappa shape index (κ2) is 9.48. The molecule has 0 heterocycles. The van der Waals surface area contributed by atoms with Crippen LogP contribution in [-0.4, -0.2) is 18.8 Å². The first kappa shape index (κ1) is 12.4. The van der Waals surface area contributed by atoms with Gasteiger partial charge in [0.2, 0.25) is 0 Å². The second-order valence-corrected chi connectivity index (χ2v) is 7.59. The third-order valence-electron chi connectivity index (χ3n) is 1.86. The molecule has 0 saturated carbocycles. The van der Waals surface area contributed by atoms with E-state index in [2.05, 4.69) is 20.8 Å². The Balaban J connectivity index is 3.34. The molecule has 0 atom stereocenters. The van der Waals surface area contributed by atoms with Gasteiger partial charge in [0, 0.05) is 0 Å². The molecule has 0 spiro atoms. The summed E-state index contributed by atoms with van der Waals surface area (Å²) in [5, 5.41) is 0. The van der Waals surface area contributed by atoms with Crippen LogP contribution in [0.15, 0.2) is 0 Å². The molecule has 0 amide bonds. The van der Waals surface area contributed by atoms with Crippen LogP contribution in [0.4, 0.5) is 0 Å². The van der Waals surface area contributed by atoms with Gasteiger partial charge in [-0.05, 0) is 18.1 Å². The maximum absolute atomic E-state index is 6.00. The van der Waals surface area contributed by atoms with Crippen molar-refractivity contribution in [2.24, 2.45) is 0 Å². The summed E-state index contributed by atoms with van der Waals surface area (Å²) >= 11 is 0. The van der Waals surface area contributed by atoms with Crippen LogP contribution in [0.25, 0.3) is 0 Å². The third kappa shape index (κ3) is 7.07. The average molecular weight is 203 g/mol. The molecule has 0 aromatic carbocycles. The predicted molar refractivity (Wildman–Crippen MR) is 60.7 cm³/mol. The minimum Gasteiger partial charge on any atom is -0.460 e. The van der Waals surface area contributed by atoms with Crippen LogP contribution in [0.5, 0.6) is 0 Å². The first-order valence-electron chi connectivity index (χ1n) is 5.32. The van der Waals surface area contributed by atoms with Gasteiger partial charge in [-0.25, -0.2) is 0 Å². The zero-order valence-electron chi connectivity index (χ0n) is 8.86. The predicted octanol–water partition coefficient (Wildman–Crippen LogP) is 2.73. The maximum Gasteiger partial charge on any atom is 0.197 e. The van der Waals surface area contributed by atoms with E-state index in [0.29, 0.717) is 0 Å². The van der Waals surface area contributed by atoms with Gasteiger partial charge in [0.1, 0.15) is 9.76 Å². The summed E-state index contributed by atoms with van der Waals surface area (Å²) in [5.41, 5.74) is 0. The molecule has 12 heavy (non-hydrogen) atoms. The van der Waals surface area contributed by atoms with Gasteiger partial charge in [-0.3, -0.25) is 0 Å². The lowest BCUT2D eigenvalue weighted by Gasteiger charge is -2.13.